The van der Waals surface area contributed by atoms with E-state index in [1.165, 1.54) is 0 Å². The quantitative estimate of drug-likeness (QED) is 0.667. The Kier molecular flexibility index (Phi) is 4.34. The molecule has 0 aliphatic heterocycles. The molecule has 5 N–H and O–H groups in total. The summed E-state index contributed by atoms with van der Waals surface area (Å²) in [6.07, 6.45) is 1.88. The molecule has 1 saturated carbocycles. The Morgan fingerprint density at radius 1 is 1.26 bits per heavy atom. The second-order valence-corrected chi connectivity index (χ2v) is 6.17. The lowest BCUT2D eigenvalue weighted by atomic mass is 9.86. The highest BCUT2D eigenvalue weighted by atomic mass is 16.2. The molecule has 6 nitrogen and oxygen atoms in total. The van der Waals surface area contributed by atoms with Crippen LogP contribution in [0.4, 0.5) is 0 Å². The zero-order valence-corrected chi connectivity index (χ0v) is 13.2. The summed E-state index contributed by atoms with van der Waals surface area (Å²) in [6, 6.07) is 8.11. The predicted molar refractivity (Wildman–Crippen MR) is 89.1 cm³/mol. The monoisotopic (exact) mass is 314 g/mol. The van der Waals surface area contributed by atoms with Gasteiger partial charge in [-0.3, -0.25) is 9.59 Å². The molecule has 1 fully saturated rings. The van der Waals surface area contributed by atoms with Gasteiger partial charge in [-0.05, 0) is 31.4 Å². The van der Waals surface area contributed by atoms with Crippen LogP contribution in [0.15, 0.2) is 24.3 Å². The summed E-state index contributed by atoms with van der Waals surface area (Å²) < 4.78 is 0. The van der Waals surface area contributed by atoms with Crippen molar-refractivity contribution in [2.45, 2.75) is 38.3 Å². The first-order valence-electron chi connectivity index (χ1n) is 7.95. The number of nitrogens with one attached hydrogen (secondary N) is 3. The van der Waals surface area contributed by atoms with Gasteiger partial charge in [0.2, 0.25) is 5.91 Å². The Bertz CT molecular complexity index is 731. The maximum Gasteiger partial charge on any atom is 0.267 e. The van der Waals surface area contributed by atoms with E-state index in [1.807, 2.05) is 31.2 Å². The summed E-state index contributed by atoms with van der Waals surface area (Å²) in [6.45, 7) is 2.37. The fourth-order valence-corrected chi connectivity index (χ4v) is 2.98. The Hall–Kier alpha value is -2.34. The minimum atomic E-state index is -0.0997. The van der Waals surface area contributed by atoms with Gasteiger partial charge in [0.15, 0.2) is 0 Å². The van der Waals surface area contributed by atoms with Crippen molar-refractivity contribution >= 4 is 22.7 Å². The van der Waals surface area contributed by atoms with Crippen molar-refractivity contribution in [3.63, 3.8) is 0 Å². The van der Waals surface area contributed by atoms with E-state index in [-0.39, 0.29) is 23.9 Å². The van der Waals surface area contributed by atoms with Gasteiger partial charge in [-0.2, -0.15) is 0 Å². The van der Waals surface area contributed by atoms with E-state index in [9.17, 15) is 9.59 Å². The number of carbonyl (C=O) groups excluding carboxylic acids is 2. The summed E-state index contributed by atoms with van der Waals surface area (Å²) in [5, 5.41) is 6.95. The molecule has 0 unspecified atom stereocenters. The van der Waals surface area contributed by atoms with Crippen molar-refractivity contribution in [2.75, 3.05) is 6.54 Å². The third kappa shape index (κ3) is 3.37. The number of aryl methyl sites for hydroxylation is 1. The molecule has 1 aliphatic carbocycles. The average molecular weight is 314 g/mol. The van der Waals surface area contributed by atoms with Crippen LogP contribution in [0.25, 0.3) is 10.9 Å². The molecule has 0 bridgehead atoms. The number of aromatic nitrogens is 1. The van der Waals surface area contributed by atoms with Crippen molar-refractivity contribution < 1.29 is 9.59 Å². The lowest BCUT2D eigenvalue weighted by molar-refractivity contribution is -0.122. The summed E-state index contributed by atoms with van der Waals surface area (Å²) >= 11 is 0. The minimum absolute atomic E-state index is 0.0200. The molecule has 6 heteroatoms. The first-order chi connectivity index (χ1) is 11.1. The molecule has 2 amide bonds. The third-order valence-electron chi connectivity index (χ3n) is 4.32. The smallest absolute Gasteiger partial charge is 0.267 e. The van der Waals surface area contributed by atoms with Crippen LogP contribution in [0.2, 0.25) is 0 Å². The number of hydrogen-bond acceptors (Lipinski definition) is 3. The van der Waals surface area contributed by atoms with Crippen LogP contribution in [-0.4, -0.2) is 35.4 Å². The molecular formula is C17H22N4O2. The summed E-state index contributed by atoms with van der Waals surface area (Å²) in [7, 11) is 0. The van der Waals surface area contributed by atoms with Crippen LogP contribution < -0.4 is 16.4 Å². The van der Waals surface area contributed by atoms with Gasteiger partial charge in [0.1, 0.15) is 5.69 Å². The van der Waals surface area contributed by atoms with Gasteiger partial charge in [-0.15, -0.1) is 0 Å². The molecule has 23 heavy (non-hydrogen) atoms. The molecule has 0 saturated heterocycles. The molecule has 122 valence electrons. The topological polar surface area (TPSA) is 100 Å². The predicted octanol–water partition coefficient (Wildman–Crippen LogP) is 1.20. The molecule has 0 atom stereocenters. The van der Waals surface area contributed by atoms with Crippen LogP contribution in [0.3, 0.4) is 0 Å². The van der Waals surface area contributed by atoms with Crippen LogP contribution in [0.5, 0.6) is 0 Å². The first kappa shape index (κ1) is 15.6. The fourth-order valence-electron chi connectivity index (χ4n) is 2.98. The number of hydrogen-bond donors (Lipinski definition) is 4. The molecule has 0 spiro atoms. The molecular weight excluding hydrogens is 292 g/mol. The van der Waals surface area contributed by atoms with Gasteiger partial charge in [-0.1, -0.05) is 18.2 Å². The van der Waals surface area contributed by atoms with Crippen LogP contribution in [-0.2, 0) is 4.79 Å². The van der Waals surface area contributed by atoms with E-state index >= 15 is 0 Å². The zero-order valence-electron chi connectivity index (χ0n) is 13.2. The SMILES string of the molecule is Cc1cccc2cc(C(=O)N[C@H]3C[C@H](NC(=O)CCN)C3)[nH]c12. The number of carbonyl (C=O) groups is 2. The van der Waals surface area contributed by atoms with E-state index < -0.39 is 0 Å². The number of fused-ring (bicyclic) bond motifs is 1. The Morgan fingerprint density at radius 2 is 2.00 bits per heavy atom. The highest BCUT2D eigenvalue weighted by Gasteiger charge is 2.31. The summed E-state index contributed by atoms with van der Waals surface area (Å²) in [5.74, 6) is -0.120. The van der Waals surface area contributed by atoms with Crippen LogP contribution in [0.1, 0.15) is 35.3 Å². The lowest BCUT2D eigenvalue weighted by Crippen LogP contribution is -2.53. The van der Waals surface area contributed by atoms with Gasteiger partial charge < -0.3 is 21.4 Å². The highest BCUT2D eigenvalue weighted by molar-refractivity contribution is 5.98. The van der Waals surface area contributed by atoms with E-state index in [1.54, 1.807) is 0 Å². The summed E-state index contributed by atoms with van der Waals surface area (Å²) in [5.41, 5.74) is 8.03. The van der Waals surface area contributed by atoms with Crippen molar-refractivity contribution in [3.8, 4) is 0 Å². The number of amides is 2. The van der Waals surface area contributed by atoms with E-state index in [4.69, 9.17) is 5.73 Å². The maximum absolute atomic E-state index is 12.3. The van der Waals surface area contributed by atoms with Crippen LogP contribution >= 0.6 is 0 Å². The standard InChI is InChI=1S/C17H22N4O2/c1-10-3-2-4-11-7-14(21-16(10)11)17(23)20-13-8-12(9-13)19-15(22)5-6-18/h2-4,7,12-13,21H,5-6,8-9,18H2,1H3,(H,19,22)(H,20,23)/t12-,13-. The van der Waals surface area contributed by atoms with Gasteiger partial charge >= 0.3 is 0 Å². The normalized spacial score (nSPS) is 20.1. The third-order valence-corrected chi connectivity index (χ3v) is 4.32. The zero-order chi connectivity index (χ0) is 16.4. The van der Waals surface area contributed by atoms with Crippen LogP contribution in [0, 0.1) is 6.92 Å². The fraction of sp³-hybridized carbons (Fsp3) is 0.412. The largest absolute Gasteiger partial charge is 0.353 e. The molecule has 1 aliphatic rings. The number of benzene rings is 1. The van der Waals surface area contributed by atoms with E-state index in [0.29, 0.717) is 18.7 Å². The van der Waals surface area contributed by atoms with Crippen molar-refractivity contribution in [2.24, 2.45) is 5.73 Å². The Morgan fingerprint density at radius 3 is 2.70 bits per heavy atom. The second kappa shape index (κ2) is 6.42. The molecule has 2 aromatic rings. The molecule has 3 rings (SSSR count). The first-order valence-corrected chi connectivity index (χ1v) is 7.95. The number of H-pyrrole nitrogens is 1. The number of rotatable bonds is 5. The minimum Gasteiger partial charge on any atom is -0.353 e. The van der Waals surface area contributed by atoms with Gasteiger partial charge in [-0.25, -0.2) is 0 Å². The second-order valence-electron chi connectivity index (χ2n) is 6.17. The Labute approximate surface area is 134 Å². The van der Waals surface area contributed by atoms with Crippen molar-refractivity contribution in [1.82, 2.24) is 15.6 Å². The van der Waals surface area contributed by atoms with E-state index in [2.05, 4.69) is 15.6 Å². The maximum atomic E-state index is 12.3. The average Bonchev–Trinajstić information content (AvgIpc) is 2.91. The summed E-state index contributed by atoms with van der Waals surface area (Å²) in [4.78, 5) is 26.9. The Balaban J connectivity index is 1.54. The molecule has 1 aromatic heterocycles. The molecule has 1 heterocycles. The number of aromatic amines is 1. The molecule has 1 aromatic carbocycles. The van der Waals surface area contributed by atoms with Gasteiger partial charge in [0.05, 0.1) is 0 Å². The highest BCUT2D eigenvalue weighted by Crippen LogP contribution is 2.22. The van der Waals surface area contributed by atoms with Gasteiger partial charge in [0, 0.05) is 36.0 Å². The van der Waals surface area contributed by atoms with Crippen molar-refractivity contribution in [3.05, 3.63) is 35.5 Å². The molecule has 0 radical (unpaired) electrons. The number of para-hydroxylation sites is 1. The van der Waals surface area contributed by atoms with E-state index in [0.717, 1.165) is 29.3 Å². The number of nitrogens with two attached hydrogens (primary N) is 1. The van der Waals surface area contributed by atoms with Gasteiger partial charge in [0.25, 0.3) is 5.91 Å². The lowest BCUT2D eigenvalue weighted by Gasteiger charge is -2.36. The van der Waals surface area contributed by atoms with Crippen molar-refractivity contribution in [1.29, 1.82) is 0 Å².